The van der Waals surface area contributed by atoms with Gasteiger partial charge in [0.2, 0.25) is 0 Å². The Morgan fingerprint density at radius 3 is 3.31 bits per heavy atom. The highest BCUT2D eigenvalue weighted by Gasteiger charge is 2.47. The van der Waals surface area contributed by atoms with Gasteiger partial charge >= 0.3 is 6.03 Å². The molecule has 74 valence electrons. The molecule has 0 aromatic carbocycles. The predicted molar refractivity (Wildman–Crippen MR) is 48.5 cm³/mol. The zero-order chi connectivity index (χ0) is 9.26. The molecule has 2 atom stereocenters. The van der Waals surface area contributed by atoms with Gasteiger partial charge in [0.1, 0.15) is 0 Å². The first-order valence-electron chi connectivity index (χ1n) is 4.99. The number of nitrogens with one attached hydrogen (secondary N) is 1. The van der Waals surface area contributed by atoms with Crippen LogP contribution in [-0.2, 0) is 4.74 Å². The molecule has 1 heterocycles. The number of morpholine rings is 1. The first-order chi connectivity index (χ1) is 6.33. The maximum absolute atomic E-state index is 11.6. The normalized spacial score (nSPS) is 31.0. The molecule has 1 N–H and O–H groups in total. The second kappa shape index (κ2) is 3.54. The molecule has 2 unspecified atom stereocenters. The van der Waals surface area contributed by atoms with E-state index < -0.39 is 0 Å². The second-order valence-corrected chi connectivity index (χ2v) is 3.64. The van der Waals surface area contributed by atoms with E-state index >= 15 is 0 Å². The lowest BCUT2D eigenvalue weighted by Crippen LogP contribution is -2.46. The van der Waals surface area contributed by atoms with Crippen molar-refractivity contribution in [1.29, 1.82) is 0 Å². The lowest BCUT2D eigenvalue weighted by atomic mass is 10.4. The number of hydrogen-bond acceptors (Lipinski definition) is 2. The summed E-state index contributed by atoms with van der Waals surface area (Å²) in [5, 5.41) is 2.89. The lowest BCUT2D eigenvalue weighted by Gasteiger charge is -2.26. The average molecular weight is 184 g/mol. The summed E-state index contributed by atoms with van der Waals surface area (Å²) in [4.78, 5) is 13.5. The first kappa shape index (κ1) is 8.81. The van der Waals surface area contributed by atoms with Crippen LogP contribution in [-0.4, -0.2) is 42.8 Å². The predicted octanol–water partition coefficient (Wildman–Crippen LogP) is 0.579. The molecule has 1 saturated carbocycles. The van der Waals surface area contributed by atoms with Gasteiger partial charge in [0, 0.05) is 13.1 Å². The molecule has 2 aliphatic rings. The second-order valence-electron chi connectivity index (χ2n) is 3.64. The Kier molecular flexibility index (Phi) is 2.40. The van der Waals surface area contributed by atoms with Gasteiger partial charge < -0.3 is 15.0 Å². The molecule has 0 bridgehead atoms. The van der Waals surface area contributed by atoms with Crippen molar-refractivity contribution in [3.05, 3.63) is 0 Å². The van der Waals surface area contributed by atoms with Crippen LogP contribution in [0.4, 0.5) is 4.79 Å². The van der Waals surface area contributed by atoms with Gasteiger partial charge in [-0.1, -0.05) is 6.92 Å². The summed E-state index contributed by atoms with van der Waals surface area (Å²) in [7, 11) is 0. The van der Waals surface area contributed by atoms with Crippen LogP contribution in [0.15, 0.2) is 0 Å². The monoisotopic (exact) mass is 184 g/mol. The van der Waals surface area contributed by atoms with E-state index in [-0.39, 0.29) is 6.03 Å². The Morgan fingerprint density at radius 1 is 1.69 bits per heavy atom. The minimum Gasteiger partial charge on any atom is -0.374 e. The Hall–Kier alpha value is -0.770. The maximum atomic E-state index is 11.6. The number of carbonyl (C=O) groups excluding carboxylic acids is 1. The Bertz CT molecular complexity index is 208. The van der Waals surface area contributed by atoms with Crippen LogP contribution >= 0.6 is 0 Å². The van der Waals surface area contributed by atoms with Crippen molar-refractivity contribution in [1.82, 2.24) is 10.2 Å². The van der Waals surface area contributed by atoms with E-state index in [9.17, 15) is 4.79 Å². The summed E-state index contributed by atoms with van der Waals surface area (Å²) < 4.78 is 5.42. The summed E-state index contributed by atoms with van der Waals surface area (Å²) in [6.45, 7) is 4.27. The van der Waals surface area contributed by atoms with E-state index in [1.807, 2.05) is 4.90 Å². The molecule has 2 fully saturated rings. The smallest absolute Gasteiger partial charge is 0.317 e. The number of ether oxygens (including phenoxy) is 1. The number of urea groups is 1. The molecule has 1 saturated heterocycles. The van der Waals surface area contributed by atoms with Gasteiger partial charge in [0.15, 0.2) is 0 Å². The molecule has 0 spiro atoms. The van der Waals surface area contributed by atoms with Gasteiger partial charge in [-0.25, -0.2) is 4.79 Å². The summed E-state index contributed by atoms with van der Waals surface area (Å²) in [5.74, 6) is 0. The molecule has 4 heteroatoms. The zero-order valence-electron chi connectivity index (χ0n) is 7.95. The third kappa shape index (κ3) is 1.77. The fourth-order valence-corrected chi connectivity index (χ4v) is 1.72. The Morgan fingerprint density at radius 2 is 2.54 bits per heavy atom. The van der Waals surface area contributed by atoms with E-state index in [1.165, 1.54) is 0 Å². The SMILES string of the molecule is CCCNC(=O)N1CCOC2CC21. The fourth-order valence-electron chi connectivity index (χ4n) is 1.72. The largest absolute Gasteiger partial charge is 0.374 e. The Labute approximate surface area is 78.2 Å². The lowest BCUT2D eigenvalue weighted by molar-refractivity contribution is 0.0455. The maximum Gasteiger partial charge on any atom is 0.317 e. The third-order valence-electron chi connectivity index (χ3n) is 2.55. The number of fused-ring (bicyclic) bond motifs is 1. The summed E-state index contributed by atoms with van der Waals surface area (Å²) >= 11 is 0. The van der Waals surface area contributed by atoms with Crippen LogP contribution < -0.4 is 5.32 Å². The minimum atomic E-state index is 0.0812. The van der Waals surface area contributed by atoms with Crippen LogP contribution in [0, 0.1) is 0 Å². The molecular formula is C9H16N2O2. The molecule has 13 heavy (non-hydrogen) atoms. The molecule has 2 rings (SSSR count). The van der Waals surface area contributed by atoms with Crippen LogP contribution in [0.2, 0.25) is 0 Å². The van der Waals surface area contributed by atoms with E-state index in [1.54, 1.807) is 0 Å². The topological polar surface area (TPSA) is 41.6 Å². The van der Waals surface area contributed by atoms with E-state index in [4.69, 9.17) is 4.74 Å². The number of hydrogen-bond donors (Lipinski definition) is 1. The number of nitrogens with zero attached hydrogens (tertiary/aromatic N) is 1. The third-order valence-corrected chi connectivity index (χ3v) is 2.55. The van der Waals surface area contributed by atoms with Crippen molar-refractivity contribution in [3.63, 3.8) is 0 Å². The molecule has 4 nitrogen and oxygen atoms in total. The van der Waals surface area contributed by atoms with Crippen LogP contribution in [0.25, 0.3) is 0 Å². The highest BCUT2D eigenvalue weighted by atomic mass is 16.5. The number of rotatable bonds is 2. The first-order valence-corrected chi connectivity index (χ1v) is 4.99. The van der Waals surface area contributed by atoms with Crippen molar-refractivity contribution in [2.45, 2.75) is 31.9 Å². The quantitative estimate of drug-likeness (QED) is 0.682. The average Bonchev–Trinajstić information content (AvgIpc) is 2.92. The van der Waals surface area contributed by atoms with Gasteiger partial charge in [-0.15, -0.1) is 0 Å². The van der Waals surface area contributed by atoms with Gasteiger partial charge in [0.05, 0.1) is 18.8 Å². The standard InChI is InChI=1S/C9H16N2O2/c1-2-3-10-9(12)11-4-5-13-8-6-7(8)11/h7-8H,2-6H2,1H3,(H,10,12). The van der Waals surface area contributed by atoms with Crippen molar-refractivity contribution in [2.75, 3.05) is 19.7 Å². The molecule has 1 aliphatic carbocycles. The van der Waals surface area contributed by atoms with Gasteiger partial charge in [-0.2, -0.15) is 0 Å². The highest BCUT2D eigenvalue weighted by molar-refractivity contribution is 5.75. The van der Waals surface area contributed by atoms with Gasteiger partial charge in [-0.3, -0.25) is 0 Å². The van der Waals surface area contributed by atoms with Crippen molar-refractivity contribution < 1.29 is 9.53 Å². The van der Waals surface area contributed by atoms with Gasteiger partial charge in [-0.05, 0) is 12.8 Å². The van der Waals surface area contributed by atoms with Crippen LogP contribution in [0.1, 0.15) is 19.8 Å². The summed E-state index contributed by atoms with van der Waals surface area (Å²) in [5.41, 5.74) is 0. The van der Waals surface area contributed by atoms with Crippen molar-refractivity contribution in [2.24, 2.45) is 0 Å². The minimum absolute atomic E-state index is 0.0812. The Balaban J connectivity index is 1.82. The summed E-state index contributed by atoms with van der Waals surface area (Å²) in [6.07, 6.45) is 2.35. The highest BCUT2D eigenvalue weighted by Crippen LogP contribution is 2.34. The molecule has 0 radical (unpaired) electrons. The van der Waals surface area contributed by atoms with Crippen molar-refractivity contribution in [3.8, 4) is 0 Å². The zero-order valence-corrected chi connectivity index (χ0v) is 7.95. The van der Waals surface area contributed by atoms with Crippen molar-refractivity contribution >= 4 is 6.03 Å². The number of amides is 2. The fraction of sp³-hybridized carbons (Fsp3) is 0.889. The molecule has 1 aliphatic heterocycles. The van der Waals surface area contributed by atoms with Gasteiger partial charge in [0.25, 0.3) is 0 Å². The van der Waals surface area contributed by atoms with E-state index in [2.05, 4.69) is 12.2 Å². The van der Waals surface area contributed by atoms with E-state index in [0.29, 0.717) is 18.8 Å². The molecule has 0 aromatic rings. The van der Waals surface area contributed by atoms with Crippen LogP contribution in [0.5, 0.6) is 0 Å². The molecule has 2 amide bonds. The molecule has 0 aromatic heterocycles. The molecular weight excluding hydrogens is 168 g/mol. The number of carbonyl (C=O) groups is 1. The van der Waals surface area contributed by atoms with Crippen LogP contribution in [0.3, 0.4) is 0 Å². The summed E-state index contributed by atoms with van der Waals surface area (Å²) in [6, 6.07) is 0.447. The van der Waals surface area contributed by atoms with E-state index in [0.717, 1.165) is 25.9 Å².